The van der Waals surface area contributed by atoms with E-state index in [1.165, 1.54) is 0 Å². The van der Waals surface area contributed by atoms with Crippen LogP contribution in [0.3, 0.4) is 0 Å². The van der Waals surface area contributed by atoms with Crippen LogP contribution >= 0.6 is 0 Å². The number of aromatic nitrogens is 2. The van der Waals surface area contributed by atoms with E-state index in [-0.39, 0.29) is 5.69 Å². The average Bonchev–Trinajstić information content (AvgIpc) is 2.43. The van der Waals surface area contributed by atoms with Crippen molar-refractivity contribution in [1.29, 1.82) is 5.26 Å². The molecule has 0 spiro atoms. The van der Waals surface area contributed by atoms with Crippen molar-refractivity contribution in [3.63, 3.8) is 0 Å². The zero-order valence-corrected chi connectivity index (χ0v) is 12.6. The van der Waals surface area contributed by atoms with Gasteiger partial charge in [-0.3, -0.25) is 0 Å². The summed E-state index contributed by atoms with van der Waals surface area (Å²) >= 11 is 0. The van der Waals surface area contributed by atoms with E-state index in [9.17, 15) is 10.4 Å². The second kappa shape index (κ2) is 6.06. The third-order valence-corrected chi connectivity index (χ3v) is 3.27. The monoisotopic (exact) mass is 284 g/mol. The number of benzene rings is 1. The summed E-state index contributed by atoms with van der Waals surface area (Å²) in [6, 6.07) is 9.56. The highest BCUT2D eigenvalue weighted by atomic mass is 16.3. The molecule has 2 aromatic rings. The summed E-state index contributed by atoms with van der Waals surface area (Å²) in [5, 5.41) is 31.6. The van der Waals surface area contributed by atoms with Gasteiger partial charge in [-0.25, -0.2) is 0 Å². The third-order valence-electron chi connectivity index (χ3n) is 3.27. The number of fused-ring (bicyclic) bond motifs is 1. The second-order valence-corrected chi connectivity index (χ2v) is 6.00. The van der Waals surface area contributed by atoms with Crippen LogP contribution in [-0.4, -0.2) is 27.4 Å². The van der Waals surface area contributed by atoms with Crippen LogP contribution < -0.4 is 5.32 Å². The Hall–Kier alpha value is -2.19. The molecule has 0 amide bonds. The first kappa shape index (κ1) is 15.2. The van der Waals surface area contributed by atoms with Crippen molar-refractivity contribution >= 4 is 16.6 Å². The Labute approximate surface area is 124 Å². The Morgan fingerprint density at radius 1 is 1.33 bits per heavy atom. The fourth-order valence-corrected chi connectivity index (χ4v) is 2.54. The van der Waals surface area contributed by atoms with Gasteiger partial charge in [-0.2, -0.15) is 5.26 Å². The first-order valence-corrected chi connectivity index (χ1v) is 7.05. The molecule has 0 aliphatic rings. The molecule has 21 heavy (non-hydrogen) atoms. The third kappa shape index (κ3) is 3.67. The molecule has 1 atom stereocenters. The Balaban J connectivity index is 2.31. The van der Waals surface area contributed by atoms with Gasteiger partial charge >= 0.3 is 0 Å². The van der Waals surface area contributed by atoms with Crippen molar-refractivity contribution in [3.8, 4) is 6.07 Å². The Morgan fingerprint density at radius 3 is 2.71 bits per heavy atom. The summed E-state index contributed by atoms with van der Waals surface area (Å²) in [6.45, 7) is 6.29. The number of hydrogen-bond donors (Lipinski definition) is 2. The fraction of sp³-hybridized carbons (Fsp3) is 0.438. The molecule has 1 unspecified atom stereocenters. The van der Waals surface area contributed by atoms with Crippen LogP contribution in [0.2, 0.25) is 0 Å². The van der Waals surface area contributed by atoms with E-state index in [4.69, 9.17) is 0 Å². The molecular formula is C16H20N4O. The molecule has 0 aliphatic carbocycles. The van der Waals surface area contributed by atoms with E-state index in [0.717, 1.165) is 10.9 Å². The van der Waals surface area contributed by atoms with Gasteiger partial charge in [0.1, 0.15) is 6.07 Å². The van der Waals surface area contributed by atoms with Crippen molar-refractivity contribution < 1.29 is 5.11 Å². The first-order valence-electron chi connectivity index (χ1n) is 7.05. The van der Waals surface area contributed by atoms with Gasteiger partial charge in [0, 0.05) is 11.9 Å². The normalized spacial score (nSPS) is 13.9. The van der Waals surface area contributed by atoms with E-state index in [0.29, 0.717) is 24.6 Å². The molecule has 0 saturated heterocycles. The zero-order valence-electron chi connectivity index (χ0n) is 12.6. The Kier molecular flexibility index (Phi) is 4.39. The number of hydrogen-bond acceptors (Lipinski definition) is 5. The number of rotatable bonds is 5. The summed E-state index contributed by atoms with van der Waals surface area (Å²) in [6.07, 6.45) is 0.679. The molecule has 0 bridgehead atoms. The fourth-order valence-electron chi connectivity index (χ4n) is 2.54. The van der Waals surface area contributed by atoms with Crippen LogP contribution in [0.5, 0.6) is 0 Å². The van der Waals surface area contributed by atoms with Gasteiger partial charge in [-0.1, -0.05) is 32.0 Å². The largest absolute Gasteiger partial charge is 0.388 e. The smallest absolute Gasteiger partial charge is 0.186 e. The van der Waals surface area contributed by atoms with Crippen LogP contribution in [0.25, 0.3) is 10.9 Å². The highest BCUT2D eigenvalue weighted by molar-refractivity contribution is 5.92. The molecule has 0 radical (unpaired) electrons. The van der Waals surface area contributed by atoms with E-state index < -0.39 is 5.60 Å². The van der Waals surface area contributed by atoms with Gasteiger partial charge in [0.15, 0.2) is 5.69 Å². The first-order chi connectivity index (χ1) is 9.93. The maximum atomic E-state index is 10.4. The molecule has 0 saturated carbocycles. The molecule has 1 heterocycles. The van der Waals surface area contributed by atoms with Gasteiger partial charge in [0.25, 0.3) is 0 Å². The van der Waals surface area contributed by atoms with Crippen LogP contribution in [0, 0.1) is 17.2 Å². The maximum absolute atomic E-state index is 10.4. The van der Waals surface area contributed by atoms with Crippen LogP contribution in [-0.2, 0) is 0 Å². The van der Waals surface area contributed by atoms with Gasteiger partial charge < -0.3 is 10.4 Å². The van der Waals surface area contributed by atoms with Crippen LogP contribution in [0.1, 0.15) is 32.9 Å². The van der Waals surface area contributed by atoms with Crippen molar-refractivity contribution in [2.24, 2.45) is 5.92 Å². The lowest BCUT2D eigenvalue weighted by Crippen LogP contribution is -2.35. The summed E-state index contributed by atoms with van der Waals surface area (Å²) in [7, 11) is 0. The lowest BCUT2D eigenvalue weighted by molar-refractivity contribution is 0.0516. The standard InChI is InChI=1S/C16H20N4O/c1-11(2)8-16(3,21)10-18-15-12-6-4-5-7-13(12)19-20-14(15)9-17/h4-7,11,21H,8,10H2,1-3H3,(H,18,19). The minimum Gasteiger partial charge on any atom is -0.388 e. The highest BCUT2D eigenvalue weighted by Crippen LogP contribution is 2.25. The molecule has 1 aromatic heterocycles. The predicted molar refractivity (Wildman–Crippen MR) is 82.8 cm³/mol. The molecule has 0 aliphatic heterocycles. The van der Waals surface area contributed by atoms with E-state index in [1.807, 2.05) is 30.3 Å². The molecule has 2 rings (SSSR count). The summed E-state index contributed by atoms with van der Waals surface area (Å²) < 4.78 is 0. The second-order valence-electron chi connectivity index (χ2n) is 6.00. The number of nitrogens with one attached hydrogen (secondary N) is 1. The number of nitrogens with zero attached hydrogens (tertiary/aromatic N) is 3. The van der Waals surface area contributed by atoms with Crippen molar-refractivity contribution in [2.45, 2.75) is 32.8 Å². The van der Waals surface area contributed by atoms with Gasteiger partial charge in [0.2, 0.25) is 0 Å². The van der Waals surface area contributed by atoms with E-state index in [1.54, 1.807) is 6.92 Å². The van der Waals surface area contributed by atoms with Crippen LogP contribution in [0.4, 0.5) is 5.69 Å². The number of anilines is 1. The van der Waals surface area contributed by atoms with Crippen LogP contribution in [0.15, 0.2) is 24.3 Å². The molecule has 110 valence electrons. The van der Waals surface area contributed by atoms with Gasteiger partial charge in [0.05, 0.1) is 16.8 Å². The highest BCUT2D eigenvalue weighted by Gasteiger charge is 2.22. The molecular weight excluding hydrogens is 264 g/mol. The summed E-state index contributed by atoms with van der Waals surface area (Å²) in [5.74, 6) is 0.393. The van der Waals surface area contributed by atoms with Gasteiger partial charge in [-0.15, -0.1) is 10.2 Å². The van der Waals surface area contributed by atoms with Crippen molar-refractivity contribution in [3.05, 3.63) is 30.0 Å². The molecule has 2 N–H and O–H groups in total. The Bertz CT molecular complexity index is 674. The molecule has 5 nitrogen and oxygen atoms in total. The predicted octanol–water partition coefficient (Wildman–Crippen LogP) is 2.71. The maximum Gasteiger partial charge on any atom is 0.186 e. The van der Waals surface area contributed by atoms with Crippen molar-refractivity contribution in [1.82, 2.24) is 10.2 Å². The molecule has 1 aromatic carbocycles. The molecule has 5 heteroatoms. The summed E-state index contributed by atoms with van der Waals surface area (Å²) in [4.78, 5) is 0. The Morgan fingerprint density at radius 2 is 2.05 bits per heavy atom. The average molecular weight is 284 g/mol. The van der Waals surface area contributed by atoms with Gasteiger partial charge in [-0.05, 0) is 25.3 Å². The number of aliphatic hydroxyl groups is 1. The minimum absolute atomic E-state index is 0.244. The number of nitriles is 1. The lowest BCUT2D eigenvalue weighted by atomic mass is 9.94. The quantitative estimate of drug-likeness (QED) is 0.882. The van der Waals surface area contributed by atoms with Crippen molar-refractivity contribution in [2.75, 3.05) is 11.9 Å². The SMILES string of the molecule is CC(C)CC(C)(O)CNc1c(C#N)nnc2ccccc12. The zero-order chi connectivity index (χ0) is 15.5. The summed E-state index contributed by atoms with van der Waals surface area (Å²) in [5.41, 5.74) is 0.759. The minimum atomic E-state index is -0.842. The lowest BCUT2D eigenvalue weighted by Gasteiger charge is -2.26. The van der Waals surface area contributed by atoms with E-state index in [2.05, 4.69) is 29.4 Å². The molecule has 0 fully saturated rings. The topological polar surface area (TPSA) is 81.8 Å². The van der Waals surface area contributed by atoms with E-state index >= 15 is 0 Å².